The quantitative estimate of drug-likeness (QED) is 0.898. The summed E-state index contributed by atoms with van der Waals surface area (Å²) < 4.78 is 26.4. The van der Waals surface area contributed by atoms with E-state index in [1.165, 1.54) is 12.1 Å². The van der Waals surface area contributed by atoms with Gasteiger partial charge in [0.25, 0.3) is 0 Å². The molecule has 1 aliphatic rings. The molecule has 4 heteroatoms. The van der Waals surface area contributed by atoms with Crippen molar-refractivity contribution in [2.24, 2.45) is 17.6 Å². The number of hydrogen-bond acceptors (Lipinski definition) is 2. The highest BCUT2D eigenvalue weighted by molar-refractivity contribution is 5.22. The Labute approximate surface area is 107 Å². The first kappa shape index (κ1) is 13.4. The number of nitrogens with zero attached hydrogens (tertiary/aromatic N) is 1. The lowest BCUT2D eigenvalue weighted by Crippen LogP contribution is -2.31. The molecule has 18 heavy (non-hydrogen) atoms. The van der Waals surface area contributed by atoms with Crippen LogP contribution in [0.15, 0.2) is 18.2 Å². The van der Waals surface area contributed by atoms with Crippen LogP contribution in [0.3, 0.4) is 0 Å². The molecule has 0 radical (unpaired) electrons. The van der Waals surface area contributed by atoms with Crippen LogP contribution in [0.4, 0.5) is 8.78 Å². The molecule has 3 atom stereocenters. The highest BCUT2D eigenvalue weighted by atomic mass is 19.1. The minimum absolute atomic E-state index is 0.392. The van der Waals surface area contributed by atoms with E-state index in [0.717, 1.165) is 19.2 Å². The molecule has 1 fully saturated rings. The normalized spacial score (nSPS) is 26.5. The number of likely N-dealkylation sites (tertiary alicyclic amines) is 1. The highest BCUT2D eigenvalue weighted by Crippen LogP contribution is 2.24. The van der Waals surface area contributed by atoms with E-state index in [-0.39, 0.29) is 0 Å². The fourth-order valence-electron chi connectivity index (χ4n) is 2.58. The Bertz CT molecular complexity index is 412. The SMILES string of the molecule is CC1CN(CC(N)c2ccc(F)cc2F)CC1C. The van der Waals surface area contributed by atoms with Gasteiger partial charge in [0.05, 0.1) is 0 Å². The Balaban J connectivity index is 2.01. The van der Waals surface area contributed by atoms with Crippen molar-refractivity contribution in [2.45, 2.75) is 19.9 Å². The van der Waals surface area contributed by atoms with Gasteiger partial charge in [0.1, 0.15) is 11.6 Å². The van der Waals surface area contributed by atoms with Crippen LogP contribution in [0.5, 0.6) is 0 Å². The van der Waals surface area contributed by atoms with Crippen LogP contribution in [0, 0.1) is 23.5 Å². The van der Waals surface area contributed by atoms with E-state index < -0.39 is 17.7 Å². The van der Waals surface area contributed by atoms with Gasteiger partial charge in [0, 0.05) is 37.3 Å². The zero-order chi connectivity index (χ0) is 13.3. The van der Waals surface area contributed by atoms with Gasteiger partial charge in [0.15, 0.2) is 0 Å². The molecule has 3 unspecified atom stereocenters. The lowest BCUT2D eigenvalue weighted by Gasteiger charge is -2.21. The molecule has 2 rings (SSSR count). The molecule has 0 saturated carbocycles. The van der Waals surface area contributed by atoms with Gasteiger partial charge < -0.3 is 10.6 Å². The Morgan fingerprint density at radius 1 is 1.28 bits per heavy atom. The fourth-order valence-corrected chi connectivity index (χ4v) is 2.58. The Hall–Kier alpha value is -1.00. The average molecular weight is 254 g/mol. The van der Waals surface area contributed by atoms with Gasteiger partial charge in [-0.2, -0.15) is 0 Å². The molecular formula is C14H20F2N2. The Morgan fingerprint density at radius 3 is 2.44 bits per heavy atom. The predicted molar refractivity (Wildman–Crippen MR) is 68.1 cm³/mol. The van der Waals surface area contributed by atoms with Gasteiger partial charge in [-0.1, -0.05) is 19.9 Å². The first-order valence-electron chi connectivity index (χ1n) is 6.40. The van der Waals surface area contributed by atoms with Crippen LogP contribution in [0.25, 0.3) is 0 Å². The summed E-state index contributed by atoms with van der Waals surface area (Å²) in [6.07, 6.45) is 0. The van der Waals surface area contributed by atoms with Gasteiger partial charge in [-0.05, 0) is 17.9 Å². The molecule has 1 aliphatic heterocycles. The molecule has 1 saturated heterocycles. The molecule has 1 heterocycles. The van der Waals surface area contributed by atoms with Crippen molar-refractivity contribution in [3.05, 3.63) is 35.4 Å². The summed E-state index contributed by atoms with van der Waals surface area (Å²) >= 11 is 0. The summed E-state index contributed by atoms with van der Waals surface area (Å²) in [5, 5.41) is 0. The summed E-state index contributed by atoms with van der Waals surface area (Å²) in [7, 11) is 0. The maximum atomic E-state index is 13.6. The van der Waals surface area contributed by atoms with Gasteiger partial charge in [-0.25, -0.2) is 8.78 Å². The van der Waals surface area contributed by atoms with Crippen molar-refractivity contribution in [2.75, 3.05) is 19.6 Å². The topological polar surface area (TPSA) is 29.3 Å². The standard InChI is InChI=1S/C14H20F2N2/c1-9-6-18(7-10(9)2)8-14(17)12-4-3-11(15)5-13(12)16/h3-5,9-10,14H,6-8,17H2,1-2H3. The van der Waals surface area contributed by atoms with E-state index in [0.29, 0.717) is 23.9 Å². The number of benzene rings is 1. The van der Waals surface area contributed by atoms with Crippen LogP contribution in [0.2, 0.25) is 0 Å². The molecule has 0 spiro atoms. The fraction of sp³-hybridized carbons (Fsp3) is 0.571. The van der Waals surface area contributed by atoms with Crippen molar-refractivity contribution in [1.82, 2.24) is 4.90 Å². The minimum Gasteiger partial charge on any atom is -0.323 e. The zero-order valence-corrected chi connectivity index (χ0v) is 10.9. The summed E-state index contributed by atoms with van der Waals surface area (Å²) in [6, 6.07) is 3.19. The summed E-state index contributed by atoms with van der Waals surface area (Å²) in [5.41, 5.74) is 6.40. The van der Waals surface area contributed by atoms with Crippen molar-refractivity contribution in [3.8, 4) is 0 Å². The van der Waals surface area contributed by atoms with Crippen molar-refractivity contribution < 1.29 is 8.78 Å². The lowest BCUT2D eigenvalue weighted by molar-refractivity contribution is 0.300. The molecule has 1 aromatic rings. The smallest absolute Gasteiger partial charge is 0.130 e. The van der Waals surface area contributed by atoms with E-state index in [1.807, 2.05) is 0 Å². The molecule has 2 N–H and O–H groups in total. The first-order valence-corrected chi connectivity index (χ1v) is 6.40. The molecule has 0 aliphatic carbocycles. The molecule has 100 valence electrons. The summed E-state index contributed by atoms with van der Waals surface area (Å²) in [6.45, 7) is 7.05. The monoisotopic (exact) mass is 254 g/mol. The maximum absolute atomic E-state index is 13.6. The molecule has 0 amide bonds. The molecular weight excluding hydrogens is 234 g/mol. The predicted octanol–water partition coefficient (Wildman–Crippen LogP) is 2.55. The van der Waals surface area contributed by atoms with E-state index in [1.54, 1.807) is 0 Å². The third-order valence-corrected chi connectivity index (χ3v) is 3.88. The van der Waals surface area contributed by atoms with Crippen LogP contribution in [0.1, 0.15) is 25.5 Å². The molecule has 2 nitrogen and oxygen atoms in total. The van der Waals surface area contributed by atoms with Gasteiger partial charge in [-0.15, -0.1) is 0 Å². The van der Waals surface area contributed by atoms with E-state index in [4.69, 9.17) is 5.73 Å². The lowest BCUT2D eigenvalue weighted by atomic mass is 10.0. The average Bonchev–Trinajstić information content (AvgIpc) is 2.57. The van der Waals surface area contributed by atoms with Crippen molar-refractivity contribution >= 4 is 0 Å². The van der Waals surface area contributed by atoms with Crippen LogP contribution in [-0.4, -0.2) is 24.5 Å². The summed E-state index contributed by atoms with van der Waals surface area (Å²) in [4.78, 5) is 2.25. The molecule has 0 bridgehead atoms. The minimum atomic E-state index is -0.563. The third kappa shape index (κ3) is 2.87. The second kappa shape index (κ2) is 5.33. The van der Waals surface area contributed by atoms with Crippen LogP contribution < -0.4 is 5.73 Å². The third-order valence-electron chi connectivity index (χ3n) is 3.88. The van der Waals surface area contributed by atoms with Gasteiger partial charge >= 0.3 is 0 Å². The van der Waals surface area contributed by atoms with Crippen molar-refractivity contribution in [1.29, 1.82) is 0 Å². The van der Waals surface area contributed by atoms with Crippen LogP contribution in [-0.2, 0) is 0 Å². The summed E-state index contributed by atoms with van der Waals surface area (Å²) in [5.74, 6) is 0.181. The number of rotatable bonds is 3. The largest absolute Gasteiger partial charge is 0.323 e. The zero-order valence-electron chi connectivity index (χ0n) is 10.9. The number of nitrogens with two attached hydrogens (primary N) is 1. The second-order valence-electron chi connectivity index (χ2n) is 5.45. The number of hydrogen-bond donors (Lipinski definition) is 1. The van der Waals surface area contributed by atoms with Gasteiger partial charge in [0.2, 0.25) is 0 Å². The molecule has 0 aromatic heterocycles. The van der Waals surface area contributed by atoms with E-state index >= 15 is 0 Å². The molecule has 1 aromatic carbocycles. The first-order chi connectivity index (χ1) is 8.47. The van der Waals surface area contributed by atoms with Gasteiger partial charge in [-0.3, -0.25) is 0 Å². The Kier molecular flexibility index (Phi) is 3.97. The highest BCUT2D eigenvalue weighted by Gasteiger charge is 2.27. The van der Waals surface area contributed by atoms with E-state index in [9.17, 15) is 8.78 Å². The second-order valence-corrected chi connectivity index (χ2v) is 5.45. The van der Waals surface area contributed by atoms with Crippen LogP contribution >= 0.6 is 0 Å². The maximum Gasteiger partial charge on any atom is 0.130 e. The van der Waals surface area contributed by atoms with E-state index in [2.05, 4.69) is 18.7 Å². The number of halogens is 2. The Morgan fingerprint density at radius 2 is 1.89 bits per heavy atom. The van der Waals surface area contributed by atoms with Crippen molar-refractivity contribution in [3.63, 3.8) is 0 Å².